The first-order valence-electron chi connectivity index (χ1n) is 4.09. The first-order chi connectivity index (χ1) is 6.63. The third-order valence-electron chi connectivity index (χ3n) is 1.66. The van der Waals surface area contributed by atoms with Crippen LogP contribution >= 0.6 is 0 Å². The molecule has 1 rings (SSSR count). The van der Waals surface area contributed by atoms with Gasteiger partial charge in [-0.05, 0) is 0 Å². The smallest absolute Gasteiger partial charge is 0.303 e. The molecular weight excluding hydrogens is 186 g/mol. The zero-order chi connectivity index (χ0) is 10.6. The van der Waals surface area contributed by atoms with Crippen molar-refractivity contribution in [1.82, 2.24) is 14.8 Å². The fourth-order valence-corrected chi connectivity index (χ4v) is 1.00. The first kappa shape index (κ1) is 10.4. The second kappa shape index (κ2) is 4.50. The fourth-order valence-electron chi connectivity index (χ4n) is 1.00. The van der Waals surface area contributed by atoms with E-state index in [4.69, 9.17) is 4.74 Å². The molecule has 14 heavy (non-hydrogen) atoms. The monoisotopic (exact) mass is 197 g/mol. The number of ether oxygens (including phenoxy) is 1. The molecule has 1 unspecified atom stereocenters. The SMILES string of the molecule is CC(=O)OC(C=O)Cc1nncn1C. The number of aryl methyl sites for hydroxylation is 1. The van der Waals surface area contributed by atoms with Crippen molar-refractivity contribution in [3.63, 3.8) is 0 Å². The van der Waals surface area contributed by atoms with E-state index in [2.05, 4.69) is 10.2 Å². The lowest BCUT2D eigenvalue weighted by Gasteiger charge is -2.09. The molecule has 1 atom stereocenters. The summed E-state index contributed by atoms with van der Waals surface area (Å²) in [6.45, 7) is 1.26. The van der Waals surface area contributed by atoms with Gasteiger partial charge in [-0.3, -0.25) is 9.59 Å². The Morgan fingerprint density at radius 1 is 1.79 bits per heavy atom. The summed E-state index contributed by atoms with van der Waals surface area (Å²) in [6.07, 6.45) is 1.57. The van der Waals surface area contributed by atoms with Gasteiger partial charge in [0, 0.05) is 14.0 Å². The van der Waals surface area contributed by atoms with Crippen molar-refractivity contribution in [3.05, 3.63) is 12.2 Å². The van der Waals surface area contributed by atoms with Gasteiger partial charge < -0.3 is 9.30 Å². The number of aldehydes is 1. The molecule has 0 N–H and O–H groups in total. The number of rotatable bonds is 4. The highest BCUT2D eigenvalue weighted by atomic mass is 16.5. The number of nitrogens with zero attached hydrogens (tertiary/aromatic N) is 3. The topological polar surface area (TPSA) is 74.1 Å². The van der Waals surface area contributed by atoms with Crippen molar-refractivity contribution in [2.24, 2.45) is 7.05 Å². The van der Waals surface area contributed by atoms with E-state index in [-0.39, 0.29) is 6.42 Å². The quantitative estimate of drug-likeness (QED) is 0.480. The highest BCUT2D eigenvalue weighted by molar-refractivity contribution is 5.70. The maximum absolute atomic E-state index is 10.6. The Hall–Kier alpha value is -1.72. The third-order valence-corrected chi connectivity index (χ3v) is 1.66. The van der Waals surface area contributed by atoms with Crippen LogP contribution in [0, 0.1) is 0 Å². The molecule has 0 aliphatic heterocycles. The van der Waals surface area contributed by atoms with Gasteiger partial charge in [0.05, 0.1) is 6.42 Å². The van der Waals surface area contributed by atoms with E-state index >= 15 is 0 Å². The lowest BCUT2D eigenvalue weighted by Crippen LogP contribution is -2.22. The molecule has 1 aromatic heterocycles. The van der Waals surface area contributed by atoms with Crippen LogP contribution in [0.2, 0.25) is 0 Å². The Bertz CT molecular complexity index is 334. The molecular formula is C8H11N3O3. The van der Waals surface area contributed by atoms with Crippen LogP contribution in [0.15, 0.2) is 6.33 Å². The largest absolute Gasteiger partial charge is 0.454 e. The molecule has 0 saturated heterocycles. The van der Waals surface area contributed by atoms with Gasteiger partial charge in [0.15, 0.2) is 12.4 Å². The fraction of sp³-hybridized carbons (Fsp3) is 0.500. The van der Waals surface area contributed by atoms with Crippen LogP contribution < -0.4 is 0 Å². The van der Waals surface area contributed by atoms with Gasteiger partial charge in [0.25, 0.3) is 0 Å². The molecule has 0 bridgehead atoms. The number of hydrogen-bond acceptors (Lipinski definition) is 5. The maximum atomic E-state index is 10.6. The van der Waals surface area contributed by atoms with E-state index in [1.165, 1.54) is 13.3 Å². The predicted molar refractivity (Wildman–Crippen MR) is 46.3 cm³/mol. The number of hydrogen-bond donors (Lipinski definition) is 0. The lowest BCUT2D eigenvalue weighted by molar-refractivity contribution is -0.149. The average Bonchev–Trinajstić information content (AvgIpc) is 2.50. The number of aromatic nitrogens is 3. The molecule has 76 valence electrons. The maximum Gasteiger partial charge on any atom is 0.303 e. The number of esters is 1. The van der Waals surface area contributed by atoms with Gasteiger partial charge in [-0.2, -0.15) is 0 Å². The zero-order valence-corrected chi connectivity index (χ0v) is 8.01. The second-order valence-corrected chi connectivity index (χ2v) is 2.85. The predicted octanol–water partition coefficient (Wildman–Crippen LogP) is -0.512. The van der Waals surface area contributed by atoms with Crippen LogP contribution in [0.25, 0.3) is 0 Å². The Kier molecular flexibility index (Phi) is 3.33. The van der Waals surface area contributed by atoms with Crippen LogP contribution in [0.5, 0.6) is 0 Å². The normalized spacial score (nSPS) is 12.1. The highest BCUT2D eigenvalue weighted by Gasteiger charge is 2.14. The molecule has 0 amide bonds. The summed E-state index contributed by atoms with van der Waals surface area (Å²) in [4.78, 5) is 21.1. The van der Waals surface area contributed by atoms with Crippen LogP contribution in [0.1, 0.15) is 12.7 Å². The summed E-state index contributed by atoms with van der Waals surface area (Å²) in [5.41, 5.74) is 0. The summed E-state index contributed by atoms with van der Waals surface area (Å²) in [6, 6.07) is 0. The molecule has 0 saturated carbocycles. The van der Waals surface area contributed by atoms with Crippen LogP contribution in [0.3, 0.4) is 0 Å². The number of carbonyl (C=O) groups excluding carboxylic acids is 2. The van der Waals surface area contributed by atoms with Gasteiger partial charge in [-0.25, -0.2) is 0 Å². The molecule has 1 aromatic rings. The number of carbonyl (C=O) groups is 2. The Morgan fingerprint density at radius 2 is 2.50 bits per heavy atom. The van der Waals surface area contributed by atoms with Crippen molar-refractivity contribution in [2.75, 3.05) is 0 Å². The van der Waals surface area contributed by atoms with Gasteiger partial charge in [-0.15, -0.1) is 10.2 Å². The zero-order valence-electron chi connectivity index (χ0n) is 8.01. The Labute approximate surface area is 80.9 Å². The van der Waals surface area contributed by atoms with Gasteiger partial charge in [0.1, 0.15) is 12.2 Å². The van der Waals surface area contributed by atoms with E-state index in [0.29, 0.717) is 12.1 Å². The standard InChI is InChI=1S/C8H11N3O3/c1-6(13)14-7(4-12)3-8-10-9-5-11(8)2/h4-5,7H,3H2,1-2H3. The third kappa shape index (κ3) is 2.65. The second-order valence-electron chi connectivity index (χ2n) is 2.85. The first-order valence-corrected chi connectivity index (χ1v) is 4.09. The Balaban J connectivity index is 2.61. The van der Waals surface area contributed by atoms with Crippen LogP contribution in [-0.4, -0.2) is 33.1 Å². The van der Waals surface area contributed by atoms with Crippen molar-refractivity contribution < 1.29 is 14.3 Å². The van der Waals surface area contributed by atoms with Crippen LogP contribution in [0.4, 0.5) is 0 Å². The minimum atomic E-state index is -0.782. The minimum absolute atomic E-state index is 0.250. The van der Waals surface area contributed by atoms with E-state index in [1.807, 2.05) is 0 Å². The van der Waals surface area contributed by atoms with Gasteiger partial charge >= 0.3 is 5.97 Å². The lowest BCUT2D eigenvalue weighted by atomic mass is 10.2. The molecule has 6 nitrogen and oxygen atoms in total. The summed E-state index contributed by atoms with van der Waals surface area (Å²) >= 11 is 0. The molecule has 0 fully saturated rings. The van der Waals surface area contributed by atoms with Gasteiger partial charge in [0.2, 0.25) is 0 Å². The van der Waals surface area contributed by atoms with E-state index in [0.717, 1.165) is 0 Å². The molecule has 1 heterocycles. The molecule has 0 aliphatic rings. The minimum Gasteiger partial charge on any atom is -0.454 e. The van der Waals surface area contributed by atoms with E-state index in [1.54, 1.807) is 11.6 Å². The summed E-state index contributed by atoms with van der Waals surface area (Å²) < 4.78 is 6.41. The van der Waals surface area contributed by atoms with E-state index < -0.39 is 12.1 Å². The van der Waals surface area contributed by atoms with Crippen LogP contribution in [-0.2, 0) is 27.8 Å². The van der Waals surface area contributed by atoms with Gasteiger partial charge in [-0.1, -0.05) is 0 Å². The molecule has 0 spiro atoms. The summed E-state index contributed by atoms with van der Waals surface area (Å²) in [5, 5.41) is 7.42. The van der Waals surface area contributed by atoms with Crippen molar-refractivity contribution in [1.29, 1.82) is 0 Å². The summed E-state index contributed by atoms with van der Waals surface area (Å²) in [5.74, 6) is 0.118. The van der Waals surface area contributed by atoms with E-state index in [9.17, 15) is 9.59 Å². The average molecular weight is 197 g/mol. The molecule has 0 aliphatic carbocycles. The van der Waals surface area contributed by atoms with Crippen molar-refractivity contribution >= 4 is 12.3 Å². The Morgan fingerprint density at radius 3 is 2.93 bits per heavy atom. The molecule has 0 aromatic carbocycles. The molecule has 0 radical (unpaired) electrons. The van der Waals surface area contributed by atoms with Crippen molar-refractivity contribution in [3.8, 4) is 0 Å². The summed E-state index contributed by atoms with van der Waals surface area (Å²) in [7, 11) is 1.75. The molecule has 6 heteroatoms. The van der Waals surface area contributed by atoms with Crippen molar-refractivity contribution in [2.45, 2.75) is 19.4 Å². The highest BCUT2D eigenvalue weighted by Crippen LogP contribution is 2.00.